The van der Waals surface area contributed by atoms with Crippen LogP contribution in [0.2, 0.25) is 0 Å². The number of nitrogens with zero attached hydrogens (tertiary/aromatic N) is 1. The first kappa shape index (κ1) is 17.3. The molecule has 0 aromatic heterocycles. The van der Waals surface area contributed by atoms with Crippen molar-refractivity contribution in [3.05, 3.63) is 59.7 Å². The molecule has 2 aliphatic rings. The minimum Gasteiger partial charge on any atom is -0.492 e. The number of anilines is 1. The van der Waals surface area contributed by atoms with Gasteiger partial charge in [0.1, 0.15) is 29.4 Å². The van der Waals surface area contributed by atoms with Crippen LogP contribution in [0.15, 0.2) is 42.5 Å². The van der Waals surface area contributed by atoms with E-state index in [1.165, 1.54) is 4.90 Å². The fraction of sp³-hybridized carbons (Fsp3) is 0.263. The number of hydrogen-bond acceptors (Lipinski definition) is 3. The largest absolute Gasteiger partial charge is 0.492 e. The van der Waals surface area contributed by atoms with Crippen molar-refractivity contribution >= 4 is 17.7 Å². The van der Waals surface area contributed by atoms with Gasteiger partial charge in [-0.05, 0) is 18.2 Å². The lowest BCUT2D eigenvalue weighted by molar-refractivity contribution is -0.151. The van der Waals surface area contributed by atoms with Crippen molar-refractivity contribution in [3.63, 3.8) is 0 Å². The molecule has 1 fully saturated rings. The maximum Gasteiger partial charge on any atom is 0.321 e. The summed E-state index contributed by atoms with van der Waals surface area (Å²) >= 11 is 0. The molecule has 4 rings (SSSR count). The lowest BCUT2D eigenvalue weighted by Crippen LogP contribution is -2.46. The summed E-state index contributed by atoms with van der Waals surface area (Å²) in [5.74, 6) is -2.38. The lowest BCUT2D eigenvalue weighted by atomic mass is 9.73. The third-order valence-electron chi connectivity index (χ3n) is 5.21. The summed E-state index contributed by atoms with van der Waals surface area (Å²) in [5, 5.41) is 12.2. The number of likely N-dealkylation sites (tertiary alicyclic amines) is 1. The highest BCUT2D eigenvalue weighted by molar-refractivity contribution is 5.91. The smallest absolute Gasteiger partial charge is 0.321 e. The van der Waals surface area contributed by atoms with E-state index in [-0.39, 0.29) is 25.4 Å². The van der Waals surface area contributed by atoms with Gasteiger partial charge < -0.3 is 20.1 Å². The number of urea groups is 1. The maximum atomic E-state index is 13.8. The standard InChI is InChI=1S/C19H16F2N2O4/c20-11-5-6-14(21)15(7-11)22-18(26)23-8-13-12-3-1-2-4-16(12)27-10-19(13,9-23)17(24)25/h1-7,13H,8-10H2,(H,22,26)(H,24,25)/t13-,19-/m0/s1. The van der Waals surface area contributed by atoms with E-state index in [1.54, 1.807) is 24.3 Å². The lowest BCUT2D eigenvalue weighted by Gasteiger charge is -2.35. The van der Waals surface area contributed by atoms with Gasteiger partial charge in [-0.25, -0.2) is 13.6 Å². The highest BCUT2D eigenvalue weighted by Gasteiger charge is 2.57. The van der Waals surface area contributed by atoms with Gasteiger partial charge in [-0.15, -0.1) is 0 Å². The molecule has 2 aromatic carbocycles. The molecule has 0 bridgehead atoms. The maximum absolute atomic E-state index is 13.8. The van der Waals surface area contributed by atoms with Crippen LogP contribution >= 0.6 is 0 Å². The van der Waals surface area contributed by atoms with Gasteiger partial charge in [-0.3, -0.25) is 4.79 Å². The number of carbonyl (C=O) groups is 2. The number of para-hydroxylation sites is 1. The average molecular weight is 374 g/mol. The highest BCUT2D eigenvalue weighted by Crippen LogP contribution is 2.49. The van der Waals surface area contributed by atoms with Crippen molar-refractivity contribution in [1.82, 2.24) is 4.90 Å². The van der Waals surface area contributed by atoms with Crippen LogP contribution in [0.4, 0.5) is 19.3 Å². The van der Waals surface area contributed by atoms with Crippen molar-refractivity contribution in [2.45, 2.75) is 5.92 Å². The van der Waals surface area contributed by atoms with Crippen LogP contribution in [0.3, 0.4) is 0 Å². The number of carboxylic acid groups (broad SMARTS) is 1. The van der Waals surface area contributed by atoms with E-state index < -0.39 is 35.0 Å². The second-order valence-electron chi connectivity index (χ2n) is 6.78. The predicted molar refractivity (Wildman–Crippen MR) is 91.7 cm³/mol. The quantitative estimate of drug-likeness (QED) is 0.847. The van der Waals surface area contributed by atoms with Crippen LogP contribution < -0.4 is 10.1 Å². The van der Waals surface area contributed by atoms with Crippen LogP contribution in [0.1, 0.15) is 11.5 Å². The Morgan fingerprint density at radius 2 is 2.00 bits per heavy atom. The fourth-order valence-corrected chi connectivity index (χ4v) is 3.78. The zero-order valence-corrected chi connectivity index (χ0v) is 14.1. The van der Waals surface area contributed by atoms with E-state index in [0.29, 0.717) is 5.75 Å². The number of ether oxygens (including phenoxy) is 1. The normalized spacial score (nSPS) is 23.2. The molecule has 6 nitrogen and oxygen atoms in total. The molecule has 140 valence electrons. The number of halogens is 2. The number of benzene rings is 2. The van der Waals surface area contributed by atoms with E-state index in [4.69, 9.17) is 4.74 Å². The summed E-state index contributed by atoms with van der Waals surface area (Å²) in [4.78, 5) is 25.9. The number of aliphatic carboxylic acids is 1. The van der Waals surface area contributed by atoms with Gasteiger partial charge in [0.2, 0.25) is 0 Å². The summed E-state index contributed by atoms with van der Waals surface area (Å²) in [6.07, 6.45) is 0. The van der Waals surface area contributed by atoms with Crippen molar-refractivity contribution in [2.24, 2.45) is 5.41 Å². The molecule has 8 heteroatoms. The molecule has 1 saturated heterocycles. The number of fused-ring (bicyclic) bond motifs is 3. The highest BCUT2D eigenvalue weighted by atomic mass is 19.1. The van der Waals surface area contributed by atoms with E-state index in [1.807, 2.05) is 0 Å². The molecule has 2 amide bonds. The number of hydrogen-bond donors (Lipinski definition) is 2. The molecule has 0 saturated carbocycles. The Kier molecular flexibility index (Phi) is 3.98. The van der Waals surface area contributed by atoms with Gasteiger partial charge in [-0.2, -0.15) is 0 Å². The number of nitrogens with one attached hydrogen (secondary N) is 1. The van der Waals surface area contributed by atoms with E-state index in [9.17, 15) is 23.5 Å². The third-order valence-corrected chi connectivity index (χ3v) is 5.21. The van der Waals surface area contributed by atoms with E-state index in [0.717, 1.165) is 23.8 Å². The Balaban J connectivity index is 1.62. The summed E-state index contributed by atoms with van der Waals surface area (Å²) < 4.78 is 32.8. The number of amides is 2. The van der Waals surface area contributed by atoms with E-state index in [2.05, 4.69) is 5.32 Å². The molecule has 2 aliphatic heterocycles. The van der Waals surface area contributed by atoms with Gasteiger partial charge in [0.15, 0.2) is 0 Å². The molecule has 2 N–H and O–H groups in total. The van der Waals surface area contributed by atoms with Crippen LogP contribution in [0.25, 0.3) is 0 Å². The zero-order valence-electron chi connectivity index (χ0n) is 14.1. The molecule has 2 aromatic rings. The molecular weight excluding hydrogens is 358 g/mol. The molecule has 0 aliphatic carbocycles. The minimum atomic E-state index is -1.29. The molecule has 2 heterocycles. The number of carbonyl (C=O) groups excluding carboxylic acids is 1. The van der Waals surface area contributed by atoms with Crippen molar-refractivity contribution in [2.75, 3.05) is 25.0 Å². The first-order valence-electron chi connectivity index (χ1n) is 8.37. The molecule has 0 radical (unpaired) electrons. The van der Waals surface area contributed by atoms with Crippen LogP contribution in [-0.4, -0.2) is 41.7 Å². The van der Waals surface area contributed by atoms with Crippen molar-refractivity contribution < 1.29 is 28.2 Å². The Morgan fingerprint density at radius 1 is 1.22 bits per heavy atom. The second-order valence-corrected chi connectivity index (χ2v) is 6.78. The van der Waals surface area contributed by atoms with Gasteiger partial charge in [0.05, 0.1) is 5.69 Å². The van der Waals surface area contributed by atoms with Crippen molar-refractivity contribution in [1.29, 1.82) is 0 Å². The SMILES string of the molecule is O=C(Nc1cc(F)ccc1F)N1C[C@H]2c3ccccc3OC[C@@]2(C(=O)O)C1. The average Bonchev–Trinajstić information content (AvgIpc) is 3.07. The molecule has 2 atom stereocenters. The van der Waals surface area contributed by atoms with E-state index >= 15 is 0 Å². The van der Waals surface area contributed by atoms with Gasteiger partial charge in [0, 0.05) is 30.6 Å². The first-order chi connectivity index (χ1) is 12.9. The van der Waals surface area contributed by atoms with Gasteiger partial charge in [0.25, 0.3) is 0 Å². The van der Waals surface area contributed by atoms with Crippen molar-refractivity contribution in [3.8, 4) is 5.75 Å². The van der Waals surface area contributed by atoms with Crippen LogP contribution in [0, 0.1) is 17.0 Å². The van der Waals surface area contributed by atoms with Gasteiger partial charge in [-0.1, -0.05) is 18.2 Å². The molecule has 0 unspecified atom stereocenters. The number of rotatable bonds is 2. The topological polar surface area (TPSA) is 78.9 Å². The summed E-state index contributed by atoms with van der Waals surface area (Å²) in [7, 11) is 0. The van der Waals surface area contributed by atoms with Gasteiger partial charge >= 0.3 is 12.0 Å². The summed E-state index contributed by atoms with van der Waals surface area (Å²) in [6.45, 7) is -0.0261. The molecule has 0 spiro atoms. The molecular formula is C19H16F2N2O4. The summed E-state index contributed by atoms with van der Waals surface area (Å²) in [5.41, 5.74) is -0.860. The Bertz CT molecular complexity index is 936. The summed E-state index contributed by atoms with van der Waals surface area (Å²) in [6, 6.07) is 9.16. The Hall–Kier alpha value is -3.16. The molecule has 27 heavy (non-hydrogen) atoms. The van der Waals surface area contributed by atoms with Crippen LogP contribution in [-0.2, 0) is 4.79 Å². The second kappa shape index (κ2) is 6.22. The first-order valence-corrected chi connectivity index (χ1v) is 8.37. The number of carboxylic acids is 1. The predicted octanol–water partition coefficient (Wildman–Crippen LogP) is 3.06. The zero-order chi connectivity index (χ0) is 19.2. The fourth-order valence-electron chi connectivity index (χ4n) is 3.78. The monoisotopic (exact) mass is 374 g/mol. The van der Waals surface area contributed by atoms with Crippen LogP contribution in [0.5, 0.6) is 5.75 Å². The Labute approximate surface area is 153 Å². The third kappa shape index (κ3) is 2.77. The Morgan fingerprint density at radius 3 is 2.78 bits per heavy atom. The minimum absolute atomic E-state index is 0.0673.